The number of unbranched alkanes of at least 4 members (excludes halogenated alkanes) is 1. The molecule has 0 aliphatic heterocycles. The number of hydrogen-bond donors (Lipinski definition) is 4. The lowest BCUT2D eigenvalue weighted by Crippen LogP contribution is -2.32. The Bertz CT molecular complexity index is 277. The van der Waals surface area contributed by atoms with Crippen molar-refractivity contribution in [3.05, 3.63) is 0 Å². The van der Waals surface area contributed by atoms with Crippen LogP contribution >= 0.6 is 0 Å². The van der Waals surface area contributed by atoms with Crippen LogP contribution in [0.5, 0.6) is 0 Å². The van der Waals surface area contributed by atoms with Crippen LogP contribution in [-0.2, 0) is 4.79 Å². The van der Waals surface area contributed by atoms with Gasteiger partial charge < -0.3 is 22.0 Å². The number of rotatable bonds is 10. The van der Waals surface area contributed by atoms with Gasteiger partial charge in [-0.2, -0.15) is 0 Å². The average Bonchev–Trinajstić information content (AvgIpc) is 2.30. The first-order chi connectivity index (χ1) is 8.40. The maximum Gasteiger partial charge on any atom is 0.217 e. The Labute approximate surface area is 109 Å². The number of amidine groups is 1. The summed E-state index contributed by atoms with van der Waals surface area (Å²) in [5.74, 6) is 0.0273. The number of carbonyl (C=O) groups excluding carboxylic acids is 1. The summed E-state index contributed by atoms with van der Waals surface area (Å²) >= 11 is 0. The summed E-state index contributed by atoms with van der Waals surface area (Å²) in [5, 5.41) is 15.0. The monoisotopic (exact) mass is 258 g/mol. The van der Waals surface area contributed by atoms with Crippen LogP contribution in [0.15, 0.2) is 5.16 Å². The van der Waals surface area contributed by atoms with E-state index in [1.165, 1.54) is 0 Å². The highest BCUT2D eigenvalue weighted by Gasteiger charge is 2.22. The number of hydrogen-bond acceptors (Lipinski definition) is 4. The third-order valence-electron chi connectivity index (χ3n) is 2.98. The molecule has 6 N–H and O–H groups in total. The summed E-state index contributed by atoms with van der Waals surface area (Å²) in [6.45, 7) is 5.68. The van der Waals surface area contributed by atoms with Crippen molar-refractivity contribution < 1.29 is 10.0 Å². The van der Waals surface area contributed by atoms with Gasteiger partial charge in [-0.05, 0) is 38.8 Å². The molecule has 0 bridgehead atoms. The van der Waals surface area contributed by atoms with Crippen LogP contribution in [0.4, 0.5) is 0 Å². The van der Waals surface area contributed by atoms with Crippen molar-refractivity contribution >= 4 is 11.7 Å². The molecule has 0 fully saturated rings. The molecule has 0 spiro atoms. The van der Waals surface area contributed by atoms with Crippen LogP contribution in [0.25, 0.3) is 0 Å². The van der Waals surface area contributed by atoms with Crippen molar-refractivity contribution in [3.63, 3.8) is 0 Å². The molecule has 0 atom stereocenters. The first-order valence-corrected chi connectivity index (χ1v) is 6.37. The predicted molar refractivity (Wildman–Crippen MR) is 72.3 cm³/mol. The van der Waals surface area contributed by atoms with Gasteiger partial charge in [-0.1, -0.05) is 19.0 Å². The van der Waals surface area contributed by atoms with Crippen LogP contribution in [0.3, 0.4) is 0 Å². The van der Waals surface area contributed by atoms with E-state index in [-0.39, 0.29) is 17.2 Å². The molecule has 6 nitrogen and oxygen atoms in total. The number of nitrogens with zero attached hydrogens (tertiary/aromatic N) is 1. The fraction of sp³-hybridized carbons (Fsp3) is 0.833. The summed E-state index contributed by atoms with van der Waals surface area (Å²) in [6.07, 6.45) is 4.05. The van der Waals surface area contributed by atoms with E-state index in [2.05, 4.69) is 10.5 Å². The summed E-state index contributed by atoms with van der Waals surface area (Å²) in [6, 6.07) is 0. The van der Waals surface area contributed by atoms with E-state index in [9.17, 15) is 4.79 Å². The molecule has 0 aliphatic rings. The van der Waals surface area contributed by atoms with E-state index >= 15 is 0 Å². The van der Waals surface area contributed by atoms with Crippen molar-refractivity contribution in [2.45, 2.75) is 46.0 Å². The Kier molecular flexibility index (Phi) is 8.11. The highest BCUT2D eigenvalue weighted by Crippen LogP contribution is 2.21. The molecule has 0 aromatic heterocycles. The SMILES string of the molecule is CC(C)(CCCNCCCCC(N)=O)C(N)=NO. The van der Waals surface area contributed by atoms with Crippen molar-refractivity contribution in [3.8, 4) is 0 Å². The van der Waals surface area contributed by atoms with Crippen molar-refractivity contribution in [1.29, 1.82) is 0 Å². The predicted octanol–water partition coefficient (Wildman–Crippen LogP) is 0.784. The molecule has 0 unspecified atom stereocenters. The van der Waals surface area contributed by atoms with Crippen LogP contribution in [-0.4, -0.2) is 30.0 Å². The molecule has 0 aromatic rings. The Morgan fingerprint density at radius 1 is 1.22 bits per heavy atom. The van der Waals surface area contributed by atoms with Crippen LogP contribution in [0.2, 0.25) is 0 Å². The van der Waals surface area contributed by atoms with Gasteiger partial charge in [-0.25, -0.2) is 0 Å². The quantitative estimate of drug-likeness (QED) is 0.152. The van der Waals surface area contributed by atoms with Gasteiger partial charge in [-0.3, -0.25) is 4.79 Å². The van der Waals surface area contributed by atoms with Gasteiger partial charge in [0.1, 0.15) is 5.84 Å². The van der Waals surface area contributed by atoms with Crippen LogP contribution in [0.1, 0.15) is 46.0 Å². The van der Waals surface area contributed by atoms with Gasteiger partial charge in [-0.15, -0.1) is 0 Å². The van der Waals surface area contributed by atoms with Gasteiger partial charge in [0, 0.05) is 11.8 Å². The Hall–Kier alpha value is -1.30. The Morgan fingerprint density at radius 2 is 1.83 bits per heavy atom. The van der Waals surface area contributed by atoms with Crippen LogP contribution < -0.4 is 16.8 Å². The number of nitrogens with two attached hydrogens (primary N) is 2. The first-order valence-electron chi connectivity index (χ1n) is 6.37. The normalized spacial score (nSPS) is 12.7. The second-order valence-electron chi connectivity index (χ2n) is 5.15. The average molecular weight is 258 g/mol. The zero-order valence-electron chi connectivity index (χ0n) is 11.4. The second-order valence-corrected chi connectivity index (χ2v) is 5.15. The summed E-state index contributed by atoms with van der Waals surface area (Å²) in [4.78, 5) is 10.5. The van der Waals surface area contributed by atoms with Gasteiger partial charge in [0.2, 0.25) is 5.91 Å². The van der Waals surface area contributed by atoms with E-state index < -0.39 is 0 Å². The summed E-state index contributed by atoms with van der Waals surface area (Å²) in [5.41, 5.74) is 10.4. The van der Waals surface area contributed by atoms with E-state index in [1.54, 1.807) is 0 Å². The Balaban J connectivity index is 3.49. The smallest absolute Gasteiger partial charge is 0.217 e. The molecule has 1 amide bonds. The highest BCUT2D eigenvalue weighted by atomic mass is 16.4. The molecule has 18 heavy (non-hydrogen) atoms. The van der Waals surface area contributed by atoms with Gasteiger partial charge in [0.25, 0.3) is 0 Å². The molecule has 106 valence electrons. The standard InChI is InChI=1S/C12H26N4O2/c1-12(2,11(14)16-18)7-5-9-15-8-4-3-6-10(13)17/h15,18H,3-9H2,1-2H3,(H2,13,17)(H2,14,16). The lowest BCUT2D eigenvalue weighted by atomic mass is 9.86. The molecular formula is C12H26N4O2. The largest absolute Gasteiger partial charge is 0.409 e. The lowest BCUT2D eigenvalue weighted by Gasteiger charge is -2.22. The minimum atomic E-state index is -0.275. The third-order valence-corrected chi connectivity index (χ3v) is 2.98. The molecule has 0 saturated heterocycles. The molecule has 0 aliphatic carbocycles. The first kappa shape index (κ1) is 16.7. The summed E-state index contributed by atoms with van der Waals surface area (Å²) < 4.78 is 0. The number of nitrogens with one attached hydrogen (secondary N) is 1. The minimum absolute atomic E-state index is 0.240. The zero-order chi connectivity index (χ0) is 14.0. The lowest BCUT2D eigenvalue weighted by molar-refractivity contribution is -0.118. The minimum Gasteiger partial charge on any atom is -0.409 e. The van der Waals surface area contributed by atoms with Gasteiger partial charge in [0.05, 0.1) is 0 Å². The third kappa shape index (κ3) is 7.89. The van der Waals surface area contributed by atoms with Crippen molar-refractivity contribution in [2.24, 2.45) is 22.0 Å². The van der Waals surface area contributed by atoms with E-state index in [1.807, 2.05) is 13.8 Å². The molecule has 6 heteroatoms. The van der Waals surface area contributed by atoms with Gasteiger partial charge >= 0.3 is 0 Å². The maximum atomic E-state index is 10.5. The molecular weight excluding hydrogens is 232 g/mol. The summed E-state index contributed by atoms with van der Waals surface area (Å²) in [7, 11) is 0. The number of amides is 1. The molecule has 0 radical (unpaired) electrons. The number of carbonyl (C=O) groups is 1. The number of oxime groups is 1. The highest BCUT2D eigenvalue weighted by molar-refractivity contribution is 5.85. The van der Waals surface area contributed by atoms with Crippen molar-refractivity contribution in [2.75, 3.05) is 13.1 Å². The topological polar surface area (TPSA) is 114 Å². The van der Waals surface area contributed by atoms with E-state index in [4.69, 9.17) is 16.7 Å². The molecule has 0 heterocycles. The fourth-order valence-electron chi connectivity index (χ4n) is 1.59. The Morgan fingerprint density at radius 3 is 2.39 bits per heavy atom. The molecule has 0 saturated carbocycles. The fourth-order valence-corrected chi connectivity index (χ4v) is 1.59. The second kappa shape index (κ2) is 8.74. The molecule has 0 rings (SSSR count). The van der Waals surface area contributed by atoms with Crippen molar-refractivity contribution in [1.82, 2.24) is 5.32 Å². The zero-order valence-corrected chi connectivity index (χ0v) is 11.4. The maximum absolute atomic E-state index is 10.5. The molecule has 0 aromatic carbocycles. The van der Waals surface area contributed by atoms with E-state index in [0.717, 1.165) is 38.8 Å². The van der Waals surface area contributed by atoms with Gasteiger partial charge in [0.15, 0.2) is 0 Å². The number of primary amides is 1. The van der Waals surface area contributed by atoms with E-state index in [0.29, 0.717) is 6.42 Å². The van der Waals surface area contributed by atoms with Crippen LogP contribution in [0, 0.1) is 5.41 Å².